The summed E-state index contributed by atoms with van der Waals surface area (Å²) in [5, 5.41) is 3.45. The summed E-state index contributed by atoms with van der Waals surface area (Å²) in [6.45, 7) is 7.35. The summed E-state index contributed by atoms with van der Waals surface area (Å²) in [6.07, 6.45) is 4.85. The van der Waals surface area contributed by atoms with Crippen molar-refractivity contribution < 1.29 is 0 Å². The van der Waals surface area contributed by atoms with Gasteiger partial charge in [0.25, 0.3) is 0 Å². The van der Waals surface area contributed by atoms with Gasteiger partial charge >= 0.3 is 0 Å². The molecule has 2 aromatic heterocycles. The Morgan fingerprint density at radius 3 is 2.83 bits per heavy atom. The first-order valence-corrected chi connectivity index (χ1v) is 7.06. The lowest BCUT2D eigenvalue weighted by molar-refractivity contribution is 0.564. The quantitative estimate of drug-likeness (QED) is 0.900. The molecule has 2 rings (SSSR count). The highest BCUT2D eigenvalue weighted by Crippen LogP contribution is 2.22. The maximum Gasteiger partial charge on any atom is 0.171 e. The van der Waals surface area contributed by atoms with Gasteiger partial charge in [0.15, 0.2) is 5.82 Å². The molecule has 0 radical (unpaired) electrons. The van der Waals surface area contributed by atoms with Gasteiger partial charge in [0.2, 0.25) is 0 Å². The molecule has 2 aromatic rings. The first kappa shape index (κ1) is 13.1. The Bertz CT molecular complexity index is 496. The topological polar surface area (TPSA) is 50.7 Å². The van der Waals surface area contributed by atoms with Crippen LogP contribution in [-0.2, 0) is 0 Å². The molecule has 0 aromatic carbocycles. The molecule has 1 N–H and O–H groups in total. The third-order valence-corrected chi connectivity index (χ3v) is 3.61. The summed E-state index contributed by atoms with van der Waals surface area (Å²) in [5.74, 6) is 0.765. The largest absolute Gasteiger partial charge is 0.310 e. The smallest absolute Gasteiger partial charge is 0.171 e. The molecule has 0 aliphatic carbocycles. The van der Waals surface area contributed by atoms with Crippen LogP contribution in [0, 0.1) is 6.92 Å². The Hall–Kier alpha value is -1.33. The Balaban J connectivity index is 2.20. The number of thiazole rings is 1. The van der Waals surface area contributed by atoms with E-state index in [1.54, 1.807) is 23.0 Å². The molecule has 4 nitrogen and oxygen atoms in total. The summed E-state index contributed by atoms with van der Waals surface area (Å²) in [7, 11) is 0. The van der Waals surface area contributed by atoms with Crippen LogP contribution < -0.4 is 5.32 Å². The van der Waals surface area contributed by atoms with Gasteiger partial charge in [0.05, 0.1) is 10.4 Å². The Kier molecular flexibility index (Phi) is 4.38. The molecule has 1 unspecified atom stereocenters. The molecule has 96 valence electrons. The van der Waals surface area contributed by atoms with Crippen molar-refractivity contribution in [2.45, 2.75) is 33.2 Å². The maximum atomic E-state index is 4.56. The van der Waals surface area contributed by atoms with Gasteiger partial charge in [-0.25, -0.2) is 9.97 Å². The number of nitrogens with zero attached hydrogens (tertiary/aromatic N) is 3. The number of rotatable bonds is 5. The van der Waals surface area contributed by atoms with E-state index in [4.69, 9.17) is 0 Å². The number of nitrogens with one attached hydrogen (secondary N) is 1. The minimum Gasteiger partial charge on any atom is -0.310 e. The van der Waals surface area contributed by atoms with Crippen LogP contribution in [0.3, 0.4) is 0 Å². The fourth-order valence-electron chi connectivity index (χ4n) is 1.82. The third-order valence-electron chi connectivity index (χ3n) is 2.84. The van der Waals surface area contributed by atoms with Gasteiger partial charge in [-0.2, -0.15) is 0 Å². The molecule has 5 heteroatoms. The Morgan fingerprint density at radius 2 is 2.22 bits per heavy atom. The predicted octanol–water partition coefficient (Wildman–Crippen LogP) is 2.97. The minimum absolute atomic E-state index is 0.292. The maximum absolute atomic E-state index is 4.56. The molecular weight excluding hydrogens is 244 g/mol. The van der Waals surface area contributed by atoms with Crippen LogP contribution in [0.25, 0.3) is 10.7 Å². The van der Waals surface area contributed by atoms with E-state index in [1.807, 2.05) is 13.1 Å². The van der Waals surface area contributed by atoms with Crippen molar-refractivity contribution in [2.75, 3.05) is 6.54 Å². The van der Waals surface area contributed by atoms with E-state index in [9.17, 15) is 0 Å². The SMILES string of the molecule is CCCNC(C)c1cnc(-c2cncs2)nc1C. The van der Waals surface area contributed by atoms with Gasteiger partial charge in [-0.05, 0) is 26.8 Å². The second-order valence-corrected chi connectivity index (χ2v) is 5.16. The van der Waals surface area contributed by atoms with Gasteiger partial charge in [0, 0.05) is 29.7 Å². The summed E-state index contributed by atoms with van der Waals surface area (Å²) < 4.78 is 0. The van der Waals surface area contributed by atoms with Gasteiger partial charge in [-0.1, -0.05) is 6.92 Å². The monoisotopic (exact) mass is 262 g/mol. The fraction of sp³-hybridized carbons (Fsp3) is 0.462. The molecule has 2 heterocycles. The second kappa shape index (κ2) is 6.02. The first-order valence-electron chi connectivity index (χ1n) is 6.18. The number of hydrogen-bond acceptors (Lipinski definition) is 5. The van der Waals surface area contributed by atoms with Crippen LogP contribution in [0.2, 0.25) is 0 Å². The van der Waals surface area contributed by atoms with Crippen molar-refractivity contribution in [1.29, 1.82) is 0 Å². The first-order chi connectivity index (χ1) is 8.72. The van der Waals surface area contributed by atoms with Gasteiger partial charge in [-0.3, -0.25) is 4.98 Å². The van der Waals surface area contributed by atoms with E-state index >= 15 is 0 Å². The molecule has 0 amide bonds. The van der Waals surface area contributed by atoms with Crippen LogP contribution in [0.5, 0.6) is 0 Å². The molecule has 0 aliphatic heterocycles. The standard InChI is InChI=1S/C13H18N4S/c1-4-5-15-9(2)11-6-16-13(17-10(11)3)12-7-14-8-18-12/h6-9,15H,4-5H2,1-3H3. The average molecular weight is 262 g/mol. The molecule has 0 saturated heterocycles. The van der Waals surface area contributed by atoms with Gasteiger partial charge in [0.1, 0.15) is 0 Å². The number of hydrogen-bond donors (Lipinski definition) is 1. The molecular formula is C13H18N4S. The van der Waals surface area contributed by atoms with Crippen molar-refractivity contribution in [2.24, 2.45) is 0 Å². The lowest BCUT2D eigenvalue weighted by atomic mass is 10.1. The van der Waals surface area contributed by atoms with Crippen LogP contribution in [0.1, 0.15) is 37.6 Å². The zero-order valence-electron chi connectivity index (χ0n) is 11.0. The lowest BCUT2D eigenvalue weighted by Crippen LogP contribution is -2.20. The molecule has 0 aliphatic rings. The van der Waals surface area contributed by atoms with E-state index in [0.717, 1.165) is 34.9 Å². The zero-order valence-corrected chi connectivity index (χ0v) is 11.8. The van der Waals surface area contributed by atoms with Crippen molar-refractivity contribution >= 4 is 11.3 Å². The molecule has 1 atom stereocenters. The van der Waals surface area contributed by atoms with Crippen LogP contribution in [-0.4, -0.2) is 21.5 Å². The molecule has 0 spiro atoms. The van der Waals surface area contributed by atoms with Gasteiger partial charge in [-0.15, -0.1) is 11.3 Å². The third kappa shape index (κ3) is 2.91. The normalized spacial score (nSPS) is 12.6. The Morgan fingerprint density at radius 1 is 1.39 bits per heavy atom. The number of aryl methyl sites for hydroxylation is 1. The highest BCUT2D eigenvalue weighted by Gasteiger charge is 2.11. The van der Waals surface area contributed by atoms with Crippen LogP contribution in [0.4, 0.5) is 0 Å². The van der Waals surface area contributed by atoms with E-state index in [1.165, 1.54) is 0 Å². The summed E-state index contributed by atoms with van der Waals surface area (Å²) >= 11 is 1.56. The summed E-state index contributed by atoms with van der Waals surface area (Å²) in [6, 6.07) is 0.292. The summed E-state index contributed by atoms with van der Waals surface area (Å²) in [4.78, 5) is 14.1. The van der Waals surface area contributed by atoms with Gasteiger partial charge < -0.3 is 5.32 Å². The molecule has 0 bridgehead atoms. The van der Waals surface area contributed by atoms with Crippen LogP contribution >= 0.6 is 11.3 Å². The van der Waals surface area contributed by atoms with Crippen LogP contribution in [0.15, 0.2) is 17.9 Å². The lowest BCUT2D eigenvalue weighted by Gasteiger charge is -2.15. The molecule has 18 heavy (non-hydrogen) atoms. The summed E-state index contributed by atoms with van der Waals surface area (Å²) in [5.41, 5.74) is 3.99. The highest BCUT2D eigenvalue weighted by atomic mass is 32.1. The predicted molar refractivity (Wildman–Crippen MR) is 74.6 cm³/mol. The minimum atomic E-state index is 0.292. The van der Waals surface area contributed by atoms with E-state index in [-0.39, 0.29) is 0 Å². The van der Waals surface area contributed by atoms with Crippen molar-refractivity contribution in [3.8, 4) is 10.7 Å². The van der Waals surface area contributed by atoms with E-state index < -0.39 is 0 Å². The second-order valence-electron chi connectivity index (χ2n) is 4.28. The van der Waals surface area contributed by atoms with E-state index in [2.05, 4.69) is 34.1 Å². The molecule has 0 saturated carbocycles. The average Bonchev–Trinajstić information content (AvgIpc) is 2.89. The number of aromatic nitrogens is 3. The highest BCUT2D eigenvalue weighted by molar-refractivity contribution is 7.13. The zero-order chi connectivity index (χ0) is 13.0. The Labute approximate surface area is 112 Å². The van der Waals surface area contributed by atoms with Crippen molar-refractivity contribution in [1.82, 2.24) is 20.3 Å². The van der Waals surface area contributed by atoms with Crippen molar-refractivity contribution in [3.63, 3.8) is 0 Å². The van der Waals surface area contributed by atoms with E-state index in [0.29, 0.717) is 6.04 Å². The van der Waals surface area contributed by atoms with Crippen molar-refractivity contribution in [3.05, 3.63) is 29.2 Å². The molecule has 0 fully saturated rings. The fourth-order valence-corrected chi connectivity index (χ4v) is 2.38.